The van der Waals surface area contributed by atoms with Crippen LogP contribution < -0.4 is 10.2 Å². The number of anilines is 1. The number of amides is 1. The quantitative estimate of drug-likeness (QED) is 0.856. The van der Waals surface area contributed by atoms with E-state index in [1.165, 1.54) is 0 Å². The Hall–Kier alpha value is -1.62. The predicted molar refractivity (Wildman–Crippen MR) is 74.3 cm³/mol. The van der Waals surface area contributed by atoms with Crippen LogP contribution in [0.25, 0.3) is 0 Å². The molecule has 0 aliphatic carbocycles. The fourth-order valence-electron chi connectivity index (χ4n) is 2.17. The topological polar surface area (TPSA) is 65.5 Å². The number of nitrogens with one attached hydrogen (secondary N) is 1. The maximum Gasteiger partial charge on any atom is 0.255 e. The Kier molecular flexibility index (Phi) is 4.04. The number of hydrogen-bond acceptors (Lipinski definition) is 4. The summed E-state index contributed by atoms with van der Waals surface area (Å²) in [6.07, 6.45) is 3.99. The van der Waals surface area contributed by atoms with Crippen molar-refractivity contribution in [1.82, 2.24) is 10.3 Å². The molecule has 1 aliphatic heterocycles. The fourth-order valence-corrected chi connectivity index (χ4v) is 2.17. The molecule has 0 atom stereocenters. The summed E-state index contributed by atoms with van der Waals surface area (Å²) in [6, 6.07) is 3.55. The van der Waals surface area contributed by atoms with Crippen LogP contribution in [-0.4, -0.2) is 41.2 Å². The first-order chi connectivity index (χ1) is 9.03. The van der Waals surface area contributed by atoms with Crippen molar-refractivity contribution < 1.29 is 9.90 Å². The average molecular weight is 263 g/mol. The Balaban J connectivity index is 2.21. The van der Waals surface area contributed by atoms with Crippen LogP contribution >= 0.6 is 0 Å². The van der Waals surface area contributed by atoms with Crippen LogP contribution in [0.15, 0.2) is 18.3 Å². The van der Waals surface area contributed by atoms with E-state index in [9.17, 15) is 9.90 Å². The summed E-state index contributed by atoms with van der Waals surface area (Å²) < 4.78 is 0. The summed E-state index contributed by atoms with van der Waals surface area (Å²) in [7, 11) is 0. The summed E-state index contributed by atoms with van der Waals surface area (Å²) in [5.74, 6) is 0.556. The Morgan fingerprint density at radius 1 is 1.47 bits per heavy atom. The molecule has 1 aromatic rings. The summed E-state index contributed by atoms with van der Waals surface area (Å²) >= 11 is 0. The minimum Gasteiger partial charge on any atom is -0.394 e. The van der Waals surface area contributed by atoms with E-state index >= 15 is 0 Å². The molecule has 2 N–H and O–H groups in total. The van der Waals surface area contributed by atoms with E-state index in [0.29, 0.717) is 5.56 Å². The Bertz CT molecular complexity index is 454. The van der Waals surface area contributed by atoms with Crippen molar-refractivity contribution in [3.8, 4) is 0 Å². The molecular formula is C14H21N3O2. The van der Waals surface area contributed by atoms with E-state index in [0.717, 1.165) is 31.7 Å². The highest BCUT2D eigenvalue weighted by molar-refractivity contribution is 5.99. The number of pyridine rings is 1. The van der Waals surface area contributed by atoms with Crippen molar-refractivity contribution in [2.45, 2.75) is 32.2 Å². The van der Waals surface area contributed by atoms with Crippen molar-refractivity contribution in [2.75, 3.05) is 24.6 Å². The highest BCUT2D eigenvalue weighted by atomic mass is 16.3. The zero-order chi connectivity index (χ0) is 13.9. The van der Waals surface area contributed by atoms with E-state index in [2.05, 4.69) is 15.2 Å². The molecule has 0 aromatic carbocycles. The average Bonchev–Trinajstić information content (AvgIpc) is 2.92. The molecule has 1 saturated heterocycles. The van der Waals surface area contributed by atoms with E-state index in [1.807, 2.05) is 0 Å². The van der Waals surface area contributed by atoms with Gasteiger partial charge in [0.15, 0.2) is 0 Å². The molecule has 1 fully saturated rings. The van der Waals surface area contributed by atoms with Crippen molar-refractivity contribution in [3.63, 3.8) is 0 Å². The lowest BCUT2D eigenvalue weighted by atomic mass is 10.1. The zero-order valence-electron chi connectivity index (χ0n) is 11.5. The lowest BCUT2D eigenvalue weighted by molar-refractivity contribution is 0.0869. The van der Waals surface area contributed by atoms with Crippen molar-refractivity contribution in [1.29, 1.82) is 0 Å². The van der Waals surface area contributed by atoms with Crippen LogP contribution in [0.1, 0.15) is 37.0 Å². The van der Waals surface area contributed by atoms with Crippen LogP contribution in [0, 0.1) is 0 Å². The van der Waals surface area contributed by atoms with Gasteiger partial charge in [-0.3, -0.25) is 4.79 Å². The number of aliphatic hydroxyl groups is 1. The van der Waals surface area contributed by atoms with Crippen LogP contribution in [0.4, 0.5) is 5.82 Å². The smallest absolute Gasteiger partial charge is 0.255 e. The number of aromatic nitrogens is 1. The van der Waals surface area contributed by atoms with Crippen LogP contribution in [-0.2, 0) is 0 Å². The minimum absolute atomic E-state index is 0.0992. The van der Waals surface area contributed by atoms with Gasteiger partial charge in [-0.1, -0.05) is 0 Å². The maximum absolute atomic E-state index is 12.3. The summed E-state index contributed by atoms with van der Waals surface area (Å²) in [5, 5.41) is 12.1. The SMILES string of the molecule is CC(C)(CO)NC(=O)c1cccnc1N1CCCC1. The third-order valence-electron chi connectivity index (χ3n) is 3.28. The van der Waals surface area contributed by atoms with Crippen molar-refractivity contribution in [2.24, 2.45) is 0 Å². The molecular weight excluding hydrogens is 242 g/mol. The number of aliphatic hydroxyl groups excluding tert-OH is 1. The molecule has 2 rings (SSSR count). The lowest BCUT2D eigenvalue weighted by Crippen LogP contribution is -2.46. The van der Waals surface area contributed by atoms with Gasteiger partial charge in [-0.2, -0.15) is 0 Å². The number of carbonyl (C=O) groups is 1. The first-order valence-corrected chi connectivity index (χ1v) is 6.67. The molecule has 0 bridgehead atoms. The third kappa shape index (κ3) is 3.23. The molecule has 2 heterocycles. The van der Waals surface area contributed by atoms with Crippen molar-refractivity contribution in [3.05, 3.63) is 23.9 Å². The second-order valence-electron chi connectivity index (χ2n) is 5.56. The summed E-state index contributed by atoms with van der Waals surface area (Å²) in [5.41, 5.74) is -0.0548. The van der Waals surface area contributed by atoms with E-state index in [1.54, 1.807) is 32.2 Å². The largest absolute Gasteiger partial charge is 0.394 e. The highest BCUT2D eigenvalue weighted by Gasteiger charge is 2.24. The minimum atomic E-state index is -0.630. The summed E-state index contributed by atoms with van der Waals surface area (Å²) in [4.78, 5) is 18.8. The molecule has 5 heteroatoms. The third-order valence-corrected chi connectivity index (χ3v) is 3.28. The van der Waals surface area contributed by atoms with Gasteiger partial charge < -0.3 is 15.3 Å². The molecule has 1 aliphatic rings. The maximum atomic E-state index is 12.3. The van der Waals surface area contributed by atoms with E-state index in [4.69, 9.17) is 0 Å². The Morgan fingerprint density at radius 3 is 2.79 bits per heavy atom. The van der Waals surface area contributed by atoms with Gasteiger partial charge in [0.25, 0.3) is 5.91 Å². The first-order valence-electron chi connectivity index (χ1n) is 6.67. The molecule has 0 unspecified atom stereocenters. The molecule has 0 radical (unpaired) electrons. The van der Waals surface area contributed by atoms with E-state index < -0.39 is 5.54 Å². The van der Waals surface area contributed by atoms with Crippen molar-refractivity contribution >= 4 is 11.7 Å². The van der Waals surface area contributed by atoms with Gasteiger partial charge in [-0.25, -0.2) is 4.98 Å². The standard InChI is InChI=1S/C14H21N3O2/c1-14(2,10-18)16-13(19)11-6-5-7-15-12(11)17-8-3-4-9-17/h5-7,18H,3-4,8-10H2,1-2H3,(H,16,19). The molecule has 1 aromatic heterocycles. The van der Waals surface area contributed by atoms with Gasteiger partial charge in [0.2, 0.25) is 0 Å². The van der Waals surface area contributed by atoms with E-state index in [-0.39, 0.29) is 12.5 Å². The molecule has 0 saturated carbocycles. The number of nitrogens with zero attached hydrogens (tertiary/aromatic N) is 2. The second-order valence-corrected chi connectivity index (χ2v) is 5.56. The fraction of sp³-hybridized carbons (Fsp3) is 0.571. The number of carbonyl (C=O) groups excluding carboxylic acids is 1. The lowest BCUT2D eigenvalue weighted by Gasteiger charge is -2.25. The molecule has 5 nitrogen and oxygen atoms in total. The Labute approximate surface area is 113 Å². The Morgan fingerprint density at radius 2 is 2.16 bits per heavy atom. The van der Waals surface area contributed by atoms with Crippen LogP contribution in [0.2, 0.25) is 0 Å². The van der Waals surface area contributed by atoms with Gasteiger partial charge in [0.1, 0.15) is 5.82 Å². The molecule has 0 spiro atoms. The number of rotatable bonds is 4. The van der Waals surface area contributed by atoms with Crippen LogP contribution in [0.3, 0.4) is 0 Å². The van der Waals surface area contributed by atoms with Gasteiger partial charge in [-0.05, 0) is 38.8 Å². The highest BCUT2D eigenvalue weighted by Crippen LogP contribution is 2.22. The predicted octanol–water partition coefficient (Wildman–Crippen LogP) is 1.18. The zero-order valence-corrected chi connectivity index (χ0v) is 11.5. The van der Waals surface area contributed by atoms with Crippen LogP contribution in [0.5, 0.6) is 0 Å². The number of hydrogen-bond donors (Lipinski definition) is 2. The second kappa shape index (κ2) is 5.57. The first kappa shape index (κ1) is 13.8. The van der Waals surface area contributed by atoms with Gasteiger partial charge in [0.05, 0.1) is 17.7 Å². The van der Waals surface area contributed by atoms with Gasteiger partial charge >= 0.3 is 0 Å². The molecule has 1 amide bonds. The van der Waals surface area contributed by atoms with Gasteiger partial charge in [-0.15, -0.1) is 0 Å². The van der Waals surface area contributed by atoms with Gasteiger partial charge in [0, 0.05) is 19.3 Å². The monoisotopic (exact) mass is 263 g/mol. The normalized spacial score (nSPS) is 15.6. The molecule has 19 heavy (non-hydrogen) atoms. The molecule has 104 valence electrons. The summed E-state index contributed by atoms with van der Waals surface area (Å²) in [6.45, 7) is 5.37.